The van der Waals surface area contributed by atoms with Crippen LogP contribution < -0.4 is 5.32 Å². The Kier molecular flexibility index (Phi) is 7.10. The molecular formula is C25H21F3N2O7S2. The van der Waals surface area contributed by atoms with E-state index in [1.54, 1.807) is 60.7 Å². The number of thioether (sulfide) groups is 1. The van der Waals surface area contributed by atoms with E-state index in [9.17, 15) is 36.0 Å². The predicted molar refractivity (Wildman–Crippen MR) is 132 cm³/mol. The topological polar surface area (TPSA) is 119 Å². The molecule has 1 saturated carbocycles. The molecule has 1 saturated heterocycles. The fraction of sp³-hybridized carbons (Fsp3) is 0.320. The van der Waals surface area contributed by atoms with Crippen LogP contribution in [0.3, 0.4) is 0 Å². The Morgan fingerprint density at radius 2 is 1.56 bits per heavy atom. The minimum absolute atomic E-state index is 0.214. The van der Waals surface area contributed by atoms with E-state index in [1.165, 1.54) is 0 Å². The number of amides is 2. The van der Waals surface area contributed by atoms with E-state index in [-0.39, 0.29) is 11.8 Å². The van der Waals surface area contributed by atoms with Gasteiger partial charge in [0.15, 0.2) is 17.6 Å². The van der Waals surface area contributed by atoms with Gasteiger partial charge in [-0.1, -0.05) is 60.7 Å². The molecule has 0 bridgehead atoms. The van der Waals surface area contributed by atoms with Gasteiger partial charge in [-0.05, 0) is 24.0 Å². The molecule has 5 rings (SSSR count). The largest absolute Gasteiger partial charge is 0.534 e. The highest BCUT2D eigenvalue weighted by atomic mass is 32.2. The van der Waals surface area contributed by atoms with Gasteiger partial charge in [-0.3, -0.25) is 14.5 Å². The van der Waals surface area contributed by atoms with Gasteiger partial charge in [-0.15, -0.1) is 11.8 Å². The van der Waals surface area contributed by atoms with Crippen LogP contribution >= 0.6 is 11.8 Å². The summed E-state index contributed by atoms with van der Waals surface area (Å²) in [5.41, 5.74) is -5.48. The third kappa shape index (κ3) is 5.35. The van der Waals surface area contributed by atoms with Crippen LogP contribution in [0.2, 0.25) is 0 Å². The van der Waals surface area contributed by atoms with Gasteiger partial charge in [0.2, 0.25) is 5.91 Å². The number of nitrogens with one attached hydrogen (secondary N) is 1. The van der Waals surface area contributed by atoms with Gasteiger partial charge in [-0.2, -0.15) is 21.6 Å². The molecule has 39 heavy (non-hydrogen) atoms. The number of fused-ring (bicyclic) bond motifs is 1. The first-order valence-corrected chi connectivity index (χ1v) is 14.2. The van der Waals surface area contributed by atoms with Crippen molar-refractivity contribution >= 4 is 39.7 Å². The van der Waals surface area contributed by atoms with E-state index in [0.29, 0.717) is 24.0 Å². The number of nitrogens with zero attached hydrogens (tertiary/aromatic N) is 1. The summed E-state index contributed by atoms with van der Waals surface area (Å²) in [5.74, 6) is -3.99. The number of halogens is 3. The van der Waals surface area contributed by atoms with E-state index in [2.05, 4.69) is 9.50 Å². The average molecular weight is 583 g/mol. The number of hydrogen-bond donors (Lipinski definition) is 1. The number of β-lactam (4-membered cyclic amide) rings is 1. The SMILES string of the molecule is O=C(OC(c1ccccc1)c1ccccc1)C1=C(OS(=O)(=O)C(F)(F)F)CS[C@@H]2C(NC(=O)C3CC3)C(=O)N12. The maximum atomic E-state index is 13.6. The molecule has 1 unspecified atom stereocenters. The van der Waals surface area contributed by atoms with E-state index >= 15 is 0 Å². The van der Waals surface area contributed by atoms with Crippen molar-refractivity contribution in [2.45, 2.75) is 35.9 Å². The van der Waals surface area contributed by atoms with Crippen molar-refractivity contribution in [3.8, 4) is 0 Å². The molecular weight excluding hydrogens is 561 g/mol. The third-order valence-corrected chi connectivity index (χ3v) is 8.54. The van der Waals surface area contributed by atoms with Gasteiger partial charge in [-0.25, -0.2) is 4.79 Å². The first-order valence-electron chi connectivity index (χ1n) is 11.8. The molecule has 2 aromatic rings. The van der Waals surface area contributed by atoms with Crippen molar-refractivity contribution in [2.24, 2.45) is 5.92 Å². The molecule has 1 N–H and O–H groups in total. The van der Waals surface area contributed by atoms with Crippen molar-refractivity contribution in [3.05, 3.63) is 83.2 Å². The number of hydrogen-bond acceptors (Lipinski definition) is 8. The van der Waals surface area contributed by atoms with Crippen molar-refractivity contribution < 1.29 is 44.9 Å². The summed E-state index contributed by atoms with van der Waals surface area (Å²) in [5, 5.41) is 1.74. The van der Waals surface area contributed by atoms with E-state index in [0.717, 1.165) is 16.7 Å². The van der Waals surface area contributed by atoms with Gasteiger partial charge < -0.3 is 14.2 Å². The minimum Gasteiger partial charge on any atom is -0.448 e. The molecule has 2 aliphatic heterocycles. The lowest BCUT2D eigenvalue weighted by atomic mass is 10.0. The second-order valence-corrected chi connectivity index (χ2v) is 11.7. The first kappa shape index (κ1) is 27.1. The van der Waals surface area contributed by atoms with Crippen molar-refractivity contribution in [2.75, 3.05) is 5.75 Å². The van der Waals surface area contributed by atoms with Crippen LogP contribution in [-0.4, -0.2) is 53.8 Å². The van der Waals surface area contributed by atoms with Gasteiger partial charge in [0, 0.05) is 5.92 Å². The number of rotatable bonds is 8. The molecule has 0 radical (unpaired) electrons. The van der Waals surface area contributed by atoms with Gasteiger partial charge >= 0.3 is 21.6 Å². The molecule has 14 heteroatoms. The number of esters is 1. The lowest BCUT2D eigenvalue weighted by Gasteiger charge is -2.49. The quantitative estimate of drug-likeness (QED) is 0.218. The summed E-state index contributed by atoms with van der Waals surface area (Å²) in [6.07, 6.45) is 0.321. The molecule has 2 heterocycles. The Hall–Kier alpha value is -3.52. The fourth-order valence-electron chi connectivity index (χ4n) is 4.19. The summed E-state index contributed by atoms with van der Waals surface area (Å²) >= 11 is 0.859. The zero-order valence-corrected chi connectivity index (χ0v) is 21.6. The Balaban J connectivity index is 1.50. The van der Waals surface area contributed by atoms with Crippen LogP contribution in [0, 0.1) is 5.92 Å². The van der Waals surface area contributed by atoms with E-state index < -0.39 is 62.2 Å². The monoisotopic (exact) mass is 582 g/mol. The zero-order chi connectivity index (χ0) is 27.9. The van der Waals surface area contributed by atoms with Crippen LogP contribution in [-0.2, 0) is 33.4 Å². The number of carbonyl (C=O) groups is 3. The highest BCUT2D eigenvalue weighted by Gasteiger charge is 2.57. The highest BCUT2D eigenvalue weighted by Crippen LogP contribution is 2.43. The molecule has 3 aliphatic rings. The summed E-state index contributed by atoms with van der Waals surface area (Å²) in [7, 11) is -6.15. The Morgan fingerprint density at radius 1 is 1.00 bits per heavy atom. The highest BCUT2D eigenvalue weighted by molar-refractivity contribution is 8.00. The average Bonchev–Trinajstić information content (AvgIpc) is 3.76. The van der Waals surface area contributed by atoms with Crippen LogP contribution in [0.5, 0.6) is 0 Å². The zero-order valence-electron chi connectivity index (χ0n) is 20.0. The lowest BCUT2D eigenvalue weighted by Crippen LogP contribution is -2.70. The van der Waals surface area contributed by atoms with Gasteiger partial charge in [0.1, 0.15) is 11.4 Å². The normalized spacial score (nSPS) is 21.2. The second-order valence-electron chi connectivity index (χ2n) is 9.03. The number of ether oxygens (including phenoxy) is 1. The lowest BCUT2D eigenvalue weighted by molar-refractivity contribution is -0.155. The first-order chi connectivity index (χ1) is 18.5. The maximum absolute atomic E-state index is 13.6. The van der Waals surface area contributed by atoms with Crippen LogP contribution in [0.1, 0.15) is 30.1 Å². The number of alkyl halides is 3. The molecule has 9 nitrogen and oxygen atoms in total. The maximum Gasteiger partial charge on any atom is 0.534 e. The Bertz CT molecular complexity index is 1390. The van der Waals surface area contributed by atoms with Gasteiger partial charge in [0.05, 0.1) is 5.75 Å². The van der Waals surface area contributed by atoms with E-state index in [1.807, 2.05) is 0 Å². The van der Waals surface area contributed by atoms with Crippen LogP contribution in [0.25, 0.3) is 0 Å². The molecule has 2 amide bonds. The summed E-state index contributed by atoms with van der Waals surface area (Å²) < 4.78 is 73.1. The molecule has 0 aromatic heterocycles. The molecule has 0 spiro atoms. The molecule has 206 valence electrons. The van der Waals surface area contributed by atoms with Crippen LogP contribution in [0.4, 0.5) is 13.2 Å². The second kappa shape index (κ2) is 10.2. The smallest absolute Gasteiger partial charge is 0.448 e. The summed E-state index contributed by atoms with van der Waals surface area (Å²) in [4.78, 5) is 39.7. The van der Waals surface area contributed by atoms with Crippen molar-refractivity contribution in [1.82, 2.24) is 10.2 Å². The fourth-order valence-corrected chi connectivity index (χ4v) is 6.01. The predicted octanol–water partition coefficient (Wildman–Crippen LogP) is 3.21. The van der Waals surface area contributed by atoms with Crippen molar-refractivity contribution in [3.63, 3.8) is 0 Å². The minimum atomic E-state index is -6.15. The van der Waals surface area contributed by atoms with Gasteiger partial charge in [0.25, 0.3) is 5.91 Å². The van der Waals surface area contributed by atoms with Crippen molar-refractivity contribution in [1.29, 1.82) is 0 Å². The standard InChI is InChI=1S/C25H21F3N2O7S2/c26-25(27,28)39(34,35)37-17-13-38-23-18(29-21(31)16-11-12-16)22(32)30(23)19(17)24(33)36-20(14-7-3-1-4-8-14)15-9-5-2-6-10-15/h1-10,16,18,20,23H,11-13H2,(H,29,31)/t18?,23-/m1/s1. The van der Waals surface area contributed by atoms with Crippen LogP contribution in [0.15, 0.2) is 72.1 Å². The summed E-state index contributed by atoms with van der Waals surface area (Å²) in [6, 6.07) is 15.9. The molecule has 2 aromatic carbocycles. The Morgan fingerprint density at radius 3 is 2.08 bits per heavy atom. The molecule has 2 atom stereocenters. The number of benzene rings is 2. The van der Waals surface area contributed by atoms with E-state index in [4.69, 9.17) is 4.74 Å². The molecule has 1 aliphatic carbocycles. The molecule has 2 fully saturated rings. The summed E-state index contributed by atoms with van der Waals surface area (Å²) in [6.45, 7) is 0. The Labute approximate surface area is 225 Å². The number of carbonyl (C=O) groups excluding carboxylic acids is 3. The third-order valence-electron chi connectivity index (χ3n) is 6.30.